The zero-order chi connectivity index (χ0) is 12.3. The molecule has 0 unspecified atom stereocenters. The molecule has 0 saturated heterocycles. The molecule has 17 heavy (non-hydrogen) atoms. The van der Waals surface area contributed by atoms with Crippen molar-refractivity contribution in [2.75, 3.05) is 20.3 Å². The first-order valence-electron chi connectivity index (χ1n) is 5.48. The Balaban J connectivity index is 2.19. The molecule has 1 amide bonds. The summed E-state index contributed by atoms with van der Waals surface area (Å²) in [7, 11) is 1.59. The Labute approximate surface area is 99.6 Å². The van der Waals surface area contributed by atoms with E-state index in [0.29, 0.717) is 18.9 Å². The average Bonchev–Trinajstić information content (AvgIpc) is 2.75. The Morgan fingerprint density at radius 1 is 1.47 bits per heavy atom. The normalized spacial score (nSPS) is 10.7. The van der Waals surface area contributed by atoms with Gasteiger partial charge < -0.3 is 14.5 Å². The number of hydrogen-bond acceptors (Lipinski definition) is 3. The number of aryl methyl sites for hydroxylation is 1. The van der Waals surface area contributed by atoms with Gasteiger partial charge in [-0.3, -0.25) is 4.79 Å². The van der Waals surface area contributed by atoms with Gasteiger partial charge in [0, 0.05) is 19.0 Å². The Kier molecular flexibility index (Phi) is 3.44. The van der Waals surface area contributed by atoms with Gasteiger partial charge in [0.25, 0.3) is 5.91 Å². The van der Waals surface area contributed by atoms with Gasteiger partial charge in [-0.2, -0.15) is 0 Å². The third-order valence-corrected chi connectivity index (χ3v) is 2.56. The molecule has 0 radical (unpaired) electrons. The van der Waals surface area contributed by atoms with Gasteiger partial charge in [-0.1, -0.05) is 18.2 Å². The Bertz CT molecular complexity index is 530. The van der Waals surface area contributed by atoms with Crippen LogP contribution in [0.5, 0.6) is 0 Å². The lowest BCUT2D eigenvalue weighted by Crippen LogP contribution is -2.26. The number of hydrogen-bond donors (Lipinski definition) is 1. The molecule has 4 nitrogen and oxygen atoms in total. The number of ether oxygens (including phenoxy) is 1. The summed E-state index contributed by atoms with van der Waals surface area (Å²) in [4.78, 5) is 11.7. The largest absolute Gasteiger partial charge is 0.451 e. The fourth-order valence-electron chi connectivity index (χ4n) is 1.67. The van der Waals surface area contributed by atoms with Crippen LogP contribution < -0.4 is 5.32 Å². The zero-order valence-corrected chi connectivity index (χ0v) is 9.95. The molecule has 0 fully saturated rings. The predicted molar refractivity (Wildman–Crippen MR) is 65.2 cm³/mol. The number of furan rings is 1. The average molecular weight is 233 g/mol. The molecule has 0 atom stereocenters. The molecule has 2 aromatic rings. The monoisotopic (exact) mass is 233 g/mol. The predicted octanol–water partition coefficient (Wildman–Crippen LogP) is 2.12. The number of carbonyl (C=O) groups excluding carboxylic acids is 1. The van der Waals surface area contributed by atoms with Crippen molar-refractivity contribution in [2.24, 2.45) is 0 Å². The Hall–Kier alpha value is -1.81. The highest BCUT2D eigenvalue weighted by Crippen LogP contribution is 2.22. The van der Waals surface area contributed by atoms with Crippen LogP contribution in [0.4, 0.5) is 0 Å². The number of amides is 1. The molecule has 0 aliphatic carbocycles. The van der Waals surface area contributed by atoms with Gasteiger partial charge in [-0.25, -0.2) is 0 Å². The zero-order valence-electron chi connectivity index (χ0n) is 9.95. The van der Waals surface area contributed by atoms with E-state index in [1.165, 1.54) is 0 Å². The summed E-state index contributed by atoms with van der Waals surface area (Å²) in [6, 6.07) is 7.58. The molecule has 1 heterocycles. The standard InChI is InChI=1S/C13H15NO3/c1-9-4-3-5-10-8-11(17-12(9)10)13(15)14-6-7-16-2/h3-5,8H,6-7H2,1-2H3,(H,14,15). The molecule has 0 bridgehead atoms. The van der Waals surface area contributed by atoms with Crippen molar-refractivity contribution >= 4 is 16.9 Å². The molecule has 0 aliphatic heterocycles. The molecule has 90 valence electrons. The summed E-state index contributed by atoms with van der Waals surface area (Å²) in [5, 5.41) is 3.67. The van der Waals surface area contributed by atoms with E-state index in [-0.39, 0.29) is 5.91 Å². The smallest absolute Gasteiger partial charge is 0.287 e. The molecule has 4 heteroatoms. The summed E-state index contributed by atoms with van der Waals surface area (Å²) >= 11 is 0. The lowest BCUT2D eigenvalue weighted by molar-refractivity contribution is 0.0911. The van der Waals surface area contributed by atoms with E-state index in [1.807, 2.05) is 25.1 Å². The highest BCUT2D eigenvalue weighted by molar-refractivity contribution is 5.96. The van der Waals surface area contributed by atoms with Crippen molar-refractivity contribution in [3.05, 3.63) is 35.6 Å². The lowest BCUT2D eigenvalue weighted by Gasteiger charge is -2.00. The van der Waals surface area contributed by atoms with Crippen LogP contribution in [0.1, 0.15) is 16.1 Å². The summed E-state index contributed by atoms with van der Waals surface area (Å²) in [5.74, 6) is 0.128. The first-order valence-corrected chi connectivity index (χ1v) is 5.48. The summed E-state index contributed by atoms with van der Waals surface area (Å²) in [6.45, 7) is 2.93. The van der Waals surface area contributed by atoms with E-state index in [0.717, 1.165) is 16.5 Å². The highest BCUT2D eigenvalue weighted by Gasteiger charge is 2.12. The van der Waals surface area contributed by atoms with E-state index in [1.54, 1.807) is 13.2 Å². The van der Waals surface area contributed by atoms with Crippen LogP contribution in [-0.2, 0) is 4.74 Å². The first kappa shape index (κ1) is 11.7. The fourth-order valence-corrected chi connectivity index (χ4v) is 1.67. The molecule has 2 rings (SSSR count). The van der Waals surface area contributed by atoms with Gasteiger partial charge in [0.2, 0.25) is 0 Å². The number of carbonyl (C=O) groups is 1. The molecule has 0 saturated carbocycles. The molecule has 0 aliphatic rings. The van der Waals surface area contributed by atoms with Crippen LogP contribution in [-0.4, -0.2) is 26.2 Å². The van der Waals surface area contributed by atoms with Crippen LogP contribution in [0.2, 0.25) is 0 Å². The van der Waals surface area contributed by atoms with E-state index in [4.69, 9.17) is 9.15 Å². The topological polar surface area (TPSA) is 51.5 Å². The van der Waals surface area contributed by atoms with E-state index < -0.39 is 0 Å². The number of para-hydroxylation sites is 1. The van der Waals surface area contributed by atoms with Crippen molar-refractivity contribution < 1.29 is 13.9 Å². The minimum atomic E-state index is -0.211. The molecular formula is C13H15NO3. The van der Waals surface area contributed by atoms with E-state index >= 15 is 0 Å². The maximum Gasteiger partial charge on any atom is 0.287 e. The second-order valence-corrected chi connectivity index (χ2v) is 3.85. The molecule has 1 N–H and O–H groups in total. The van der Waals surface area contributed by atoms with Crippen molar-refractivity contribution in [3.8, 4) is 0 Å². The molecule has 0 spiro atoms. The van der Waals surface area contributed by atoms with Crippen molar-refractivity contribution in [2.45, 2.75) is 6.92 Å². The number of methoxy groups -OCH3 is 1. The molecule has 1 aromatic carbocycles. The second kappa shape index (κ2) is 5.01. The van der Waals surface area contributed by atoms with Crippen molar-refractivity contribution in [1.29, 1.82) is 0 Å². The van der Waals surface area contributed by atoms with Crippen LogP contribution in [0.15, 0.2) is 28.7 Å². The van der Waals surface area contributed by atoms with Gasteiger partial charge in [0.15, 0.2) is 5.76 Å². The van der Waals surface area contributed by atoms with Crippen molar-refractivity contribution in [1.82, 2.24) is 5.32 Å². The van der Waals surface area contributed by atoms with Crippen LogP contribution in [0, 0.1) is 6.92 Å². The second-order valence-electron chi connectivity index (χ2n) is 3.85. The number of fused-ring (bicyclic) bond motifs is 1. The first-order chi connectivity index (χ1) is 8.22. The number of nitrogens with one attached hydrogen (secondary N) is 1. The minimum Gasteiger partial charge on any atom is -0.451 e. The summed E-state index contributed by atoms with van der Waals surface area (Å²) in [5.41, 5.74) is 1.79. The molecular weight excluding hydrogens is 218 g/mol. The van der Waals surface area contributed by atoms with E-state index in [9.17, 15) is 4.79 Å². The van der Waals surface area contributed by atoms with Gasteiger partial charge in [-0.05, 0) is 18.6 Å². The third kappa shape index (κ3) is 2.47. The quantitative estimate of drug-likeness (QED) is 0.823. The lowest BCUT2D eigenvalue weighted by atomic mass is 10.2. The Morgan fingerprint density at radius 3 is 3.00 bits per heavy atom. The van der Waals surface area contributed by atoms with Gasteiger partial charge in [0.05, 0.1) is 6.61 Å². The number of benzene rings is 1. The maximum absolute atomic E-state index is 11.7. The fraction of sp³-hybridized carbons (Fsp3) is 0.308. The van der Waals surface area contributed by atoms with Gasteiger partial charge >= 0.3 is 0 Å². The number of rotatable bonds is 4. The highest BCUT2D eigenvalue weighted by atomic mass is 16.5. The van der Waals surface area contributed by atoms with Crippen molar-refractivity contribution in [3.63, 3.8) is 0 Å². The van der Waals surface area contributed by atoms with Crippen LogP contribution in [0.3, 0.4) is 0 Å². The van der Waals surface area contributed by atoms with Gasteiger partial charge in [-0.15, -0.1) is 0 Å². The van der Waals surface area contributed by atoms with Crippen LogP contribution in [0.25, 0.3) is 11.0 Å². The Morgan fingerprint density at radius 2 is 2.29 bits per heavy atom. The summed E-state index contributed by atoms with van der Waals surface area (Å²) in [6.07, 6.45) is 0. The van der Waals surface area contributed by atoms with E-state index in [2.05, 4.69) is 5.32 Å². The third-order valence-electron chi connectivity index (χ3n) is 2.56. The molecule has 1 aromatic heterocycles. The SMILES string of the molecule is COCCNC(=O)c1cc2cccc(C)c2o1. The van der Waals surface area contributed by atoms with Crippen LogP contribution >= 0.6 is 0 Å². The maximum atomic E-state index is 11.7. The minimum absolute atomic E-state index is 0.211. The summed E-state index contributed by atoms with van der Waals surface area (Å²) < 4.78 is 10.4. The van der Waals surface area contributed by atoms with Gasteiger partial charge in [0.1, 0.15) is 5.58 Å².